The maximum atomic E-state index is 11.9. The van der Waals surface area contributed by atoms with Crippen molar-refractivity contribution in [2.75, 3.05) is 19.6 Å². The van der Waals surface area contributed by atoms with Gasteiger partial charge in [0, 0.05) is 12.7 Å². The third-order valence-electron chi connectivity index (χ3n) is 3.30. The summed E-state index contributed by atoms with van der Waals surface area (Å²) in [7, 11) is 0. The first-order valence-corrected chi connectivity index (χ1v) is 6.74. The van der Waals surface area contributed by atoms with Crippen molar-refractivity contribution < 1.29 is 4.79 Å². The molecule has 0 unspecified atom stereocenters. The molecule has 0 aliphatic carbocycles. The summed E-state index contributed by atoms with van der Waals surface area (Å²) in [6, 6.07) is 3.41. The molecule has 98 valence electrons. The predicted octanol–water partition coefficient (Wildman–Crippen LogP) is 1.85. The summed E-state index contributed by atoms with van der Waals surface area (Å²) in [6.45, 7) is 2.88. The fourth-order valence-corrected chi connectivity index (χ4v) is 2.42. The number of hydrogen-bond acceptors (Lipinski definition) is 3. The summed E-state index contributed by atoms with van der Waals surface area (Å²) >= 11 is 5.87. The molecule has 0 atom stereocenters. The van der Waals surface area contributed by atoms with Crippen molar-refractivity contribution in [3.8, 4) is 0 Å². The lowest BCUT2D eigenvalue weighted by Gasteiger charge is -2.22. The van der Waals surface area contributed by atoms with Crippen molar-refractivity contribution in [2.45, 2.75) is 19.3 Å². The number of carbonyl (C=O) groups excluding carboxylic acids is 1. The van der Waals surface area contributed by atoms with Gasteiger partial charge in [0.05, 0.1) is 5.56 Å². The Morgan fingerprint density at radius 1 is 1.50 bits per heavy atom. The molecule has 1 fully saturated rings. The predicted molar refractivity (Wildman–Crippen MR) is 71.8 cm³/mol. The van der Waals surface area contributed by atoms with E-state index in [1.54, 1.807) is 18.3 Å². The number of amides is 1. The van der Waals surface area contributed by atoms with E-state index in [-0.39, 0.29) is 11.1 Å². The van der Waals surface area contributed by atoms with Crippen LogP contribution in [0.1, 0.15) is 29.6 Å². The van der Waals surface area contributed by atoms with E-state index in [1.165, 1.54) is 12.8 Å². The number of hydrogen-bond donors (Lipinski definition) is 2. The van der Waals surface area contributed by atoms with Gasteiger partial charge < -0.3 is 10.6 Å². The molecule has 1 amide bonds. The molecule has 2 N–H and O–H groups in total. The number of piperidine rings is 1. The van der Waals surface area contributed by atoms with Gasteiger partial charge in [-0.05, 0) is 50.4 Å². The minimum absolute atomic E-state index is 0.137. The Kier molecular flexibility index (Phi) is 4.96. The van der Waals surface area contributed by atoms with Gasteiger partial charge >= 0.3 is 0 Å². The Labute approximate surface area is 112 Å². The second-order valence-electron chi connectivity index (χ2n) is 4.58. The molecule has 5 heteroatoms. The summed E-state index contributed by atoms with van der Waals surface area (Å²) in [5.74, 6) is 0.581. The maximum absolute atomic E-state index is 11.9. The van der Waals surface area contributed by atoms with Gasteiger partial charge in [-0.2, -0.15) is 0 Å². The van der Waals surface area contributed by atoms with Crippen LogP contribution in [0.3, 0.4) is 0 Å². The van der Waals surface area contributed by atoms with Gasteiger partial charge in [0.25, 0.3) is 5.91 Å². The number of nitrogens with one attached hydrogen (secondary N) is 2. The fraction of sp³-hybridized carbons (Fsp3) is 0.538. The first kappa shape index (κ1) is 13.3. The summed E-state index contributed by atoms with van der Waals surface area (Å²) in [5, 5.41) is 6.50. The minimum Gasteiger partial charge on any atom is -0.352 e. The summed E-state index contributed by atoms with van der Waals surface area (Å²) < 4.78 is 0. The van der Waals surface area contributed by atoms with Gasteiger partial charge in [-0.25, -0.2) is 4.98 Å². The topological polar surface area (TPSA) is 54.0 Å². The summed E-state index contributed by atoms with van der Waals surface area (Å²) in [4.78, 5) is 15.8. The summed E-state index contributed by atoms with van der Waals surface area (Å²) in [5.41, 5.74) is 0.449. The normalized spacial score (nSPS) is 16.5. The lowest BCUT2D eigenvalue weighted by molar-refractivity contribution is 0.0950. The smallest absolute Gasteiger partial charge is 0.254 e. The molecule has 1 aliphatic heterocycles. The number of pyridine rings is 1. The van der Waals surface area contributed by atoms with Crippen molar-refractivity contribution in [1.29, 1.82) is 0 Å². The Morgan fingerprint density at radius 3 is 3.00 bits per heavy atom. The molecule has 1 aromatic rings. The van der Waals surface area contributed by atoms with Gasteiger partial charge in [-0.15, -0.1) is 0 Å². The first-order valence-electron chi connectivity index (χ1n) is 6.37. The third kappa shape index (κ3) is 3.68. The van der Waals surface area contributed by atoms with Crippen molar-refractivity contribution >= 4 is 17.5 Å². The molecule has 1 saturated heterocycles. The Morgan fingerprint density at radius 2 is 2.28 bits per heavy atom. The average molecular weight is 268 g/mol. The van der Waals surface area contributed by atoms with Crippen molar-refractivity contribution in [1.82, 2.24) is 15.6 Å². The van der Waals surface area contributed by atoms with Crippen LogP contribution >= 0.6 is 11.6 Å². The lowest BCUT2D eigenvalue weighted by Crippen LogP contribution is -2.31. The monoisotopic (exact) mass is 267 g/mol. The zero-order valence-corrected chi connectivity index (χ0v) is 11.0. The van der Waals surface area contributed by atoms with E-state index in [4.69, 9.17) is 11.6 Å². The van der Waals surface area contributed by atoms with Crippen LogP contribution in [0.5, 0.6) is 0 Å². The van der Waals surface area contributed by atoms with Crippen molar-refractivity contribution in [3.05, 3.63) is 29.0 Å². The van der Waals surface area contributed by atoms with Crippen molar-refractivity contribution in [3.63, 3.8) is 0 Å². The number of nitrogens with zero attached hydrogens (tertiary/aromatic N) is 1. The SMILES string of the molecule is O=C(NCCC1CCNCC1)c1cccnc1Cl. The van der Waals surface area contributed by atoms with Crippen LogP contribution in [-0.2, 0) is 0 Å². The van der Waals surface area contributed by atoms with E-state index in [2.05, 4.69) is 15.6 Å². The zero-order chi connectivity index (χ0) is 12.8. The van der Waals surface area contributed by atoms with E-state index in [9.17, 15) is 4.79 Å². The largest absolute Gasteiger partial charge is 0.352 e. The van der Waals surface area contributed by atoms with E-state index >= 15 is 0 Å². The molecule has 2 rings (SSSR count). The quantitative estimate of drug-likeness (QED) is 0.819. The first-order chi connectivity index (χ1) is 8.77. The number of rotatable bonds is 4. The number of halogens is 1. The van der Waals surface area contributed by atoms with Crippen LogP contribution < -0.4 is 10.6 Å². The fourth-order valence-electron chi connectivity index (χ4n) is 2.21. The second kappa shape index (κ2) is 6.71. The van der Waals surface area contributed by atoms with Crippen LogP contribution in [0.15, 0.2) is 18.3 Å². The Balaban J connectivity index is 1.76. The van der Waals surface area contributed by atoms with Crippen LogP contribution in [-0.4, -0.2) is 30.5 Å². The van der Waals surface area contributed by atoms with Gasteiger partial charge in [-0.3, -0.25) is 4.79 Å². The van der Waals surface area contributed by atoms with Crippen molar-refractivity contribution in [2.24, 2.45) is 5.92 Å². The van der Waals surface area contributed by atoms with Gasteiger partial charge in [-0.1, -0.05) is 11.6 Å². The van der Waals surface area contributed by atoms with Gasteiger partial charge in [0.2, 0.25) is 0 Å². The van der Waals surface area contributed by atoms with E-state index in [0.717, 1.165) is 25.4 Å². The zero-order valence-electron chi connectivity index (χ0n) is 10.3. The van der Waals surface area contributed by atoms with Crippen LogP contribution in [0, 0.1) is 5.92 Å². The number of aromatic nitrogens is 1. The lowest BCUT2D eigenvalue weighted by atomic mass is 9.95. The van der Waals surface area contributed by atoms with E-state index in [1.807, 2.05) is 0 Å². The molecule has 0 spiro atoms. The van der Waals surface area contributed by atoms with Gasteiger partial charge in [0.15, 0.2) is 0 Å². The highest BCUT2D eigenvalue weighted by Gasteiger charge is 2.14. The average Bonchev–Trinajstić information content (AvgIpc) is 2.40. The standard InChI is InChI=1S/C13H18ClN3O/c14-12-11(2-1-6-16-12)13(18)17-9-5-10-3-7-15-8-4-10/h1-2,6,10,15H,3-5,7-9H2,(H,17,18). The molecular formula is C13H18ClN3O. The molecule has 0 aromatic carbocycles. The molecule has 18 heavy (non-hydrogen) atoms. The molecule has 4 nitrogen and oxygen atoms in total. The van der Waals surface area contributed by atoms with Crippen LogP contribution in [0.4, 0.5) is 0 Å². The molecule has 0 saturated carbocycles. The third-order valence-corrected chi connectivity index (χ3v) is 3.60. The highest BCUT2D eigenvalue weighted by atomic mass is 35.5. The molecule has 1 aliphatic rings. The van der Waals surface area contributed by atoms with E-state index < -0.39 is 0 Å². The molecular weight excluding hydrogens is 250 g/mol. The van der Waals surface area contributed by atoms with E-state index in [0.29, 0.717) is 12.1 Å². The molecule has 2 heterocycles. The van der Waals surface area contributed by atoms with Crippen LogP contribution in [0.2, 0.25) is 5.15 Å². The Bertz CT molecular complexity index is 405. The molecule has 1 aromatic heterocycles. The Hall–Kier alpha value is -1.13. The molecule has 0 bridgehead atoms. The summed E-state index contributed by atoms with van der Waals surface area (Å²) in [6.07, 6.45) is 5.01. The second-order valence-corrected chi connectivity index (χ2v) is 4.94. The van der Waals surface area contributed by atoms with Gasteiger partial charge in [0.1, 0.15) is 5.15 Å². The minimum atomic E-state index is -0.137. The maximum Gasteiger partial charge on any atom is 0.254 e. The highest BCUT2D eigenvalue weighted by Crippen LogP contribution is 2.15. The van der Waals surface area contributed by atoms with Crippen LogP contribution in [0.25, 0.3) is 0 Å². The highest BCUT2D eigenvalue weighted by molar-refractivity contribution is 6.32. The number of carbonyl (C=O) groups is 1. The molecule has 0 radical (unpaired) electrons.